The molecule has 0 aliphatic heterocycles. The van der Waals surface area contributed by atoms with Crippen molar-refractivity contribution >= 4 is 34.7 Å². The molecule has 0 saturated heterocycles. The Balaban J connectivity index is 0.000000300. The van der Waals surface area contributed by atoms with Crippen molar-refractivity contribution in [3.63, 3.8) is 0 Å². The van der Waals surface area contributed by atoms with E-state index in [1.807, 2.05) is 24.3 Å². The van der Waals surface area contributed by atoms with Gasteiger partial charge in [-0.15, -0.1) is 0 Å². The number of benzene rings is 2. The van der Waals surface area contributed by atoms with Crippen LogP contribution in [0.25, 0.3) is 12.2 Å². The summed E-state index contributed by atoms with van der Waals surface area (Å²) in [6.07, 6.45) is 9.36. The Hall–Kier alpha value is -1.61. The van der Waals surface area contributed by atoms with Crippen molar-refractivity contribution in [1.29, 1.82) is 0 Å². The van der Waals surface area contributed by atoms with Crippen LogP contribution in [0.5, 0.6) is 0 Å². The van der Waals surface area contributed by atoms with E-state index in [1.54, 1.807) is 24.3 Å². The molecular weight excluding hydrogens is 501 g/mol. The Kier molecular flexibility index (Phi) is 16.0. The van der Waals surface area contributed by atoms with Crippen molar-refractivity contribution in [2.24, 2.45) is 0 Å². The van der Waals surface area contributed by atoms with E-state index in [1.165, 1.54) is 24.3 Å². The molecule has 0 amide bonds. The molecule has 0 aliphatic rings. The zero-order valence-electron chi connectivity index (χ0n) is 17.0. The Morgan fingerprint density at radius 1 is 0.733 bits per heavy atom. The zero-order valence-corrected chi connectivity index (χ0v) is 19.1. The van der Waals surface area contributed by atoms with Crippen LogP contribution in [0.2, 0.25) is 0 Å². The summed E-state index contributed by atoms with van der Waals surface area (Å²) >= 11 is 2.33. The fourth-order valence-electron chi connectivity index (χ4n) is 2.14. The van der Waals surface area contributed by atoms with Crippen molar-refractivity contribution < 1.29 is 23.4 Å². The van der Waals surface area contributed by atoms with Gasteiger partial charge in [-0.1, -0.05) is 71.2 Å². The van der Waals surface area contributed by atoms with Crippen molar-refractivity contribution in [3.8, 4) is 0 Å². The van der Waals surface area contributed by atoms with Crippen LogP contribution in [0.1, 0.15) is 24.0 Å². The number of alkyl halides is 1. The number of hydrogen-bond acceptors (Lipinski definition) is 3. The van der Waals surface area contributed by atoms with Gasteiger partial charge in [0.05, 0.1) is 13.2 Å². The van der Waals surface area contributed by atoms with Gasteiger partial charge in [-0.3, -0.25) is 0 Å². The first-order valence-electron chi connectivity index (χ1n) is 9.82. The molecule has 2 rings (SSSR count). The highest BCUT2D eigenvalue weighted by atomic mass is 127. The van der Waals surface area contributed by atoms with Gasteiger partial charge in [0.1, 0.15) is 11.6 Å². The zero-order chi connectivity index (χ0) is 21.9. The highest BCUT2D eigenvalue weighted by molar-refractivity contribution is 14.1. The molecule has 0 fully saturated rings. The second kappa shape index (κ2) is 18.2. The van der Waals surface area contributed by atoms with Crippen molar-refractivity contribution in [3.05, 3.63) is 83.4 Å². The first kappa shape index (κ1) is 26.4. The molecule has 0 spiro atoms. The average Bonchev–Trinajstić information content (AvgIpc) is 2.76. The molecule has 1 N–H and O–H groups in total. The maximum atomic E-state index is 12.6. The summed E-state index contributed by atoms with van der Waals surface area (Å²) in [5.41, 5.74) is 1.94. The molecule has 164 valence electrons. The smallest absolute Gasteiger partial charge is 0.123 e. The maximum absolute atomic E-state index is 12.6. The van der Waals surface area contributed by atoms with Gasteiger partial charge >= 0.3 is 0 Å². The molecule has 30 heavy (non-hydrogen) atoms. The predicted octanol–water partition coefficient (Wildman–Crippen LogP) is 5.92. The molecule has 2 aromatic rings. The third kappa shape index (κ3) is 14.4. The Morgan fingerprint density at radius 3 is 1.57 bits per heavy atom. The molecule has 0 heterocycles. The van der Waals surface area contributed by atoms with Gasteiger partial charge in [0, 0.05) is 24.2 Å². The predicted molar refractivity (Wildman–Crippen MR) is 128 cm³/mol. The fraction of sp³-hybridized carbons (Fsp3) is 0.333. The van der Waals surface area contributed by atoms with Gasteiger partial charge in [-0.25, -0.2) is 8.78 Å². The van der Waals surface area contributed by atoms with Crippen LogP contribution in [0, 0.1) is 11.6 Å². The van der Waals surface area contributed by atoms with E-state index in [2.05, 4.69) is 22.6 Å². The number of hydrogen-bond donors (Lipinski definition) is 1. The molecule has 0 bridgehead atoms. The quantitative estimate of drug-likeness (QED) is 0.211. The number of ether oxygens (including phenoxy) is 2. The molecule has 0 saturated carbocycles. The first-order valence-corrected chi connectivity index (χ1v) is 11.3. The van der Waals surface area contributed by atoms with E-state index in [0.29, 0.717) is 26.2 Å². The molecule has 2 aromatic carbocycles. The van der Waals surface area contributed by atoms with Crippen molar-refractivity contribution in [2.75, 3.05) is 37.5 Å². The molecule has 0 unspecified atom stereocenters. The van der Waals surface area contributed by atoms with Gasteiger partial charge in [-0.05, 0) is 48.2 Å². The normalized spacial score (nSPS) is 11.1. The van der Waals surface area contributed by atoms with Crippen LogP contribution in [0.4, 0.5) is 8.78 Å². The number of aliphatic hydroxyl groups is 1. The lowest BCUT2D eigenvalue weighted by atomic mass is 10.2. The first-order chi connectivity index (χ1) is 14.7. The minimum Gasteiger partial charge on any atom is -0.396 e. The van der Waals surface area contributed by atoms with Crippen LogP contribution in [-0.4, -0.2) is 42.6 Å². The van der Waals surface area contributed by atoms with Gasteiger partial charge in [0.2, 0.25) is 0 Å². The molecule has 0 radical (unpaired) electrons. The Bertz CT molecular complexity index is 653. The van der Waals surface area contributed by atoms with Crippen molar-refractivity contribution in [2.45, 2.75) is 12.8 Å². The summed E-state index contributed by atoms with van der Waals surface area (Å²) in [4.78, 5) is 0. The van der Waals surface area contributed by atoms with E-state index in [9.17, 15) is 8.78 Å². The summed E-state index contributed by atoms with van der Waals surface area (Å²) in [6, 6.07) is 12.7. The highest BCUT2D eigenvalue weighted by Gasteiger charge is 1.90. The molecule has 0 aliphatic carbocycles. The molecular formula is C24H29F2IO3. The van der Waals surface area contributed by atoms with Crippen LogP contribution >= 0.6 is 22.6 Å². The van der Waals surface area contributed by atoms with E-state index in [0.717, 1.165) is 28.6 Å². The second-order valence-corrected chi connectivity index (χ2v) is 7.26. The third-order valence-corrected chi connectivity index (χ3v) is 4.42. The largest absolute Gasteiger partial charge is 0.396 e. The Labute approximate surface area is 191 Å². The van der Waals surface area contributed by atoms with E-state index in [4.69, 9.17) is 14.6 Å². The van der Waals surface area contributed by atoms with Gasteiger partial charge in [0.15, 0.2) is 0 Å². The third-order valence-electron chi connectivity index (χ3n) is 3.66. The molecule has 6 heteroatoms. The SMILES string of the molecule is Fc1ccc(/C=C/COCCCI)cc1.OCCCOC/C=C/c1ccc(F)cc1. The van der Waals surface area contributed by atoms with Gasteiger partial charge < -0.3 is 14.6 Å². The number of rotatable bonds is 12. The van der Waals surface area contributed by atoms with Crippen LogP contribution < -0.4 is 0 Å². The standard InChI is InChI=1S/C12H14FIO.C12H15FO2/c2*13-12-6-4-11(5-7-12)3-1-9-15-10-2-8-14/h1,3-7H,2,8-10H2;1,3-7,14H,2,8-10H2/b2*3-1+. The van der Waals surface area contributed by atoms with E-state index >= 15 is 0 Å². The van der Waals surface area contributed by atoms with E-state index < -0.39 is 0 Å². The highest BCUT2D eigenvalue weighted by Crippen LogP contribution is 2.05. The minimum atomic E-state index is -0.230. The van der Waals surface area contributed by atoms with Crippen LogP contribution in [0.3, 0.4) is 0 Å². The maximum Gasteiger partial charge on any atom is 0.123 e. The second-order valence-electron chi connectivity index (χ2n) is 6.18. The summed E-state index contributed by atoms with van der Waals surface area (Å²) in [7, 11) is 0. The summed E-state index contributed by atoms with van der Waals surface area (Å²) in [6.45, 7) is 2.65. The van der Waals surface area contributed by atoms with Crippen LogP contribution in [-0.2, 0) is 9.47 Å². The lowest BCUT2D eigenvalue weighted by molar-refractivity contribution is 0.139. The monoisotopic (exact) mass is 530 g/mol. The molecule has 0 aromatic heterocycles. The lowest BCUT2D eigenvalue weighted by Crippen LogP contribution is -1.96. The van der Waals surface area contributed by atoms with Gasteiger partial charge in [0.25, 0.3) is 0 Å². The minimum absolute atomic E-state index is 0.154. The summed E-state index contributed by atoms with van der Waals surface area (Å²) in [5.74, 6) is -0.434. The number of aliphatic hydroxyl groups excluding tert-OH is 1. The van der Waals surface area contributed by atoms with Crippen LogP contribution in [0.15, 0.2) is 60.7 Å². The summed E-state index contributed by atoms with van der Waals surface area (Å²) < 4.78 is 36.8. The lowest BCUT2D eigenvalue weighted by Gasteiger charge is -1.97. The molecule has 3 nitrogen and oxygen atoms in total. The fourth-order valence-corrected chi connectivity index (χ4v) is 2.45. The number of halogens is 3. The molecule has 0 atom stereocenters. The van der Waals surface area contributed by atoms with E-state index in [-0.39, 0.29) is 18.2 Å². The van der Waals surface area contributed by atoms with Crippen molar-refractivity contribution in [1.82, 2.24) is 0 Å². The Morgan fingerprint density at radius 2 is 1.17 bits per heavy atom. The summed E-state index contributed by atoms with van der Waals surface area (Å²) in [5, 5.41) is 8.49. The average molecular weight is 530 g/mol. The topological polar surface area (TPSA) is 38.7 Å². The van der Waals surface area contributed by atoms with Gasteiger partial charge in [-0.2, -0.15) is 0 Å².